The van der Waals surface area contributed by atoms with Crippen molar-refractivity contribution in [3.8, 4) is 5.75 Å². The molecule has 0 amide bonds. The summed E-state index contributed by atoms with van der Waals surface area (Å²) in [6.45, 7) is 4.00. The van der Waals surface area contributed by atoms with Crippen LogP contribution >= 0.6 is 0 Å². The van der Waals surface area contributed by atoms with E-state index in [1.165, 1.54) is 16.4 Å². The average Bonchev–Trinajstić information content (AvgIpc) is 3.04. The number of aromatic hydroxyl groups is 1. The highest BCUT2D eigenvalue weighted by atomic mass is 32.2. The second-order valence-electron chi connectivity index (χ2n) is 11.7. The average molecular weight is 689 g/mol. The lowest BCUT2D eigenvalue weighted by Crippen LogP contribution is -2.43. The SMILES string of the molecule is CCCCN(c1ccc(N2CCC(NC[C@H](O)c3ccc(O)c(NS(C)(=O)=O)c3)CC2)cc1)S(=O)(=O)CC(=O)OCc1ccccc1. The Balaban J connectivity index is 1.30. The van der Waals surface area contributed by atoms with Gasteiger partial charge in [0, 0.05) is 37.9 Å². The second-order valence-corrected chi connectivity index (χ2v) is 15.3. The number of aliphatic hydroxyl groups excluding tert-OH is 1. The number of esters is 1. The first-order valence-electron chi connectivity index (χ1n) is 15.6. The molecular formula is C33H44N4O8S2. The molecule has 1 aliphatic heterocycles. The minimum atomic E-state index is -3.97. The number of carbonyl (C=O) groups excluding carboxylic acids is 1. The third kappa shape index (κ3) is 10.8. The molecule has 256 valence electrons. The van der Waals surface area contributed by atoms with Crippen LogP contribution in [0.5, 0.6) is 5.75 Å². The summed E-state index contributed by atoms with van der Waals surface area (Å²) in [6, 6.07) is 20.9. The van der Waals surface area contributed by atoms with Crippen molar-refractivity contribution >= 4 is 43.1 Å². The van der Waals surface area contributed by atoms with Crippen LogP contribution in [0, 0.1) is 0 Å². The monoisotopic (exact) mass is 688 g/mol. The highest BCUT2D eigenvalue weighted by Crippen LogP contribution is 2.29. The van der Waals surface area contributed by atoms with Crippen molar-refractivity contribution in [1.29, 1.82) is 0 Å². The molecular weight excluding hydrogens is 645 g/mol. The maximum absolute atomic E-state index is 13.3. The normalized spacial score (nSPS) is 14.8. The first-order chi connectivity index (χ1) is 22.3. The van der Waals surface area contributed by atoms with Crippen LogP contribution in [-0.2, 0) is 36.2 Å². The van der Waals surface area contributed by atoms with E-state index in [1.54, 1.807) is 30.3 Å². The first-order valence-corrected chi connectivity index (χ1v) is 19.1. The molecule has 14 heteroatoms. The summed E-state index contributed by atoms with van der Waals surface area (Å²) in [5, 5.41) is 24.0. The lowest BCUT2D eigenvalue weighted by Gasteiger charge is -2.34. The molecule has 3 aromatic carbocycles. The Kier molecular flexibility index (Phi) is 12.5. The van der Waals surface area contributed by atoms with Crippen LogP contribution in [0.3, 0.4) is 0 Å². The van der Waals surface area contributed by atoms with E-state index in [-0.39, 0.29) is 37.2 Å². The number of aliphatic hydroxyl groups is 1. The van der Waals surface area contributed by atoms with E-state index < -0.39 is 37.9 Å². The van der Waals surface area contributed by atoms with Crippen LogP contribution in [0.1, 0.15) is 49.8 Å². The molecule has 1 atom stereocenters. The predicted molar refractivity (Wildman–Crippen MR) is 183 cm³/mol. The van der Waals surface area contributed by atoms with Gasteiger partial charge in [0.15, 0.2) is 5.75 Å². The maximum atomic E-state index is 13.3. The lowest BCUT2D eigenvalue weighted by molar-refractivity contribution is -0.141. The van der Waals surface area contributed by atoms with Gasteiger partial charge in [-0.15, -0.1) is 0 Å². The Morgan fingerprint density at radius 1 is 1.02 bits per heavy atom. The molecule has 1 aliphatic rings. The van der Waals surface area contributed by atoms with Crippen LogP contribution < -0.4 is 19.2 Å². The highest BCUT2D eigenvalue weighted by molar-refractivity contribution is 7.93. The van der Waals surface area contributed by atoms with Crippen LogP contribution in [0.4, 0.5) is 17.1 Å². The van der Waals surface area contributed by atoms with Crippen molar-refractivity contribution in [2.24, 2.45) is 0 Å². The number of phenolic OH excluding ortho intramolecular Hbond substituents is 1. The van der Waals surface area contributed by atoms with Crippen LogP contribution in [0.15, 0.2) is 72.8 Å². The lowest BCUT2D eigenvalue weighted by atomic mass is 10.0. The molecule has 0 saturated carbocycles. The van der Waals surface area contributed by atoms with Crippen molar-refractivity contribution in [2.75, 3.05) is 52.1 Å². The van der Waals surface area contributed by atoms with Crippen LogP contribution in [0.2, 0.25) is 0 Å². The molecule has 1 fully saturated rings. The van der Waals surface area contributed by atoms with Gasteiger partial charge in [-0.3, -0.25) is 13.8 Å². The van der Waals surface area contributed by atoms with Gasteiger partial charge in [-0.25, -0.2) is 16.8 Å². The number of hydrogen-bond acceptors (Lipinski definition) is 10. The Bertz CT molecular complexity index is 1680. The van der Waals surface area contributed by atoms with Crippen molar-refractivity contribution in [1.82, 2.24) is 5.32 Å². The summed E-state index contributed by atoms with van der Waals surface area (Å²) in [4.78, 5) is 14.7. The summed E-state index contributed by atoms with van der Waals surface area (Å²) in [5.74, 6) is -1.77. The fraction of sp³-hybridized carbons (Fsp3) is 0.424. The van der Waals surface area contributed by atoms with Crippen molar-refractivity contribution < 1.29 is 36.6 Å². The van der Waals surface area contributed by atoms with Gasteiger partial charge in [-0.1, -0.05) is 49.7 Å². The fourth-order valence-electron chi connectivity index (χ4n) is 5.35. The topological polar surface area (TPSA) is 166 Å². The largest absolute Gasteiger partial charge is 0.506 e. The molecule has 0 bridgehead atoms. The van der Waals surface area contributed by atoms with Gasteiger partial charge in [0.1, 0.15) is 12.4 Å². The molecule has 3 aromatic rings. The van der Waals surface area contributed by atoms with Gasteiger partial charge in [-0.2, -0.15) is 0 Å². The highest BCUT2D eigenvalue weighted by Gasteiger charge is 2.27. The van der Waals surface area contributed by atoms with Gasteiger partial charge in [0.2, 0.25) is 20.0 Å². The molecule has 12 nitrogen and oxygen atoms in total. The Morgan fingerprint density at radius 2 is 1.70 bits per heavy atom. The smallest absolute Gasteiger partial charge is 0.323 e. The van der Waals surface area contributed by atoms with Crippen molar-refractivity contribution in [3.05, 3.63) is 83.9 Å². The van der Waals surface area contributed by atoms with Crippen LogP contribution in [0.25, 0.3) is 0 Å². The number of sulfonamides is 2. The van der Waals surface area contributed by atoms with Gasteiger partial charge >= 0.3 is 5.97 Å². The number of nitrogens with zero attached hydrogens (tertiary/aromatic N) is 2. The number of unbranched alkanes of at least 4 members (excludes halogenated alkanes) is 1. The van der Waals surface area contributed by atoms with Gasteiger partial charge in [-0.05, 0) is 66.8 Å². The van der Waals surface area contributed by atoms with E-state index in [2.05, 4.69) is 14.9 Å². The summed E-state index contributed by atoms with van der Waals surface area (Å²) >= 11 is 0. The number of ether oxygens (including phenoxy) is 1. The molecule has 0 aromatic heterocycles. The molecule has 0 radical (unpaired) electrons. The molecule has 4 N–H and O–H groups in total. The van der Waals surface area contributed by atoms with E-state index in [1.807, 2.05) is 37.3 Å². The number of carbonyl (C=O) groups is 1. The third-order valence-corrected chi connectivity index (χ3v) is 10.1. The molecule has 0 aliphatic carbocycles. The van der Waals surface area contributed by atoms with Gasteiger partial charge in [0.05, 0.1) is 23.7 Å². The van der Waals surface area contributed by atoms with Crippen molar-refractivity contribution in [3.63, 3.8) is 0 Å². The summed E-state index contributed by atoms with van der Waals surface area (Å²) < 4.78 is 58.6. The first kappa shape index (κ1) is 36.0. The number of phenols is 1. The Morgan fingerprint density at radius 3 is 2.34 bits per heavy atom. The zero-order valence-corrected chi connectivity index (χ0v) is 28.3. The molecule has 0 spiro atoms. The van der Waals surface area contributed by atoms with Crippen LogP contribution in [-0.4, -0.2) is 77.2 Å². The summed E-state index contributed by atoms with van der Waals surface area (Å²) in [6.07, 6.45) is 3.14. The number of benzene rings is 3. The standard InChI is InChI=1S/C33H44N4O8S2/c1-3-4-18-37(47(43,44)24-33(40)45-23-25-8-6-5-7-9-25)29-13-11-28(12-14-29)36-19-16-27(17-20-36)34-22-32(39)26-10-15-31(38)30(21-26)35-46(2,41)42/h5-15,21,27,32,34-35,38-39H,3-4,16-20,22-24H2,1-2H3/t32-/m0/s1. The molecule has 1 saturated heterocycles. The van der Waals surface area contributed by atoms with E-state index in [0.717, 1.165) is 49.9 Å². The number of anilines is 3. The molecule has 47 heavy (non-hydrogen) atoms. The summed E-state index contributed by atoms with van der Waals surface area (Å²) in [7, 11) is -7.56. The number of piperidine rings is 1. The minimum Gasteiger partial charge on any atom is -0.506 e. The van der Waals surface area contributed by atoms with Gasteiger partial charge in [0.25, 0.3) is 0 Å². The summed E-state index contributed by atoms with van der Waals surface area (Å²) in [5.41, 5.74) is 2.71. The number of hydrogen-bond donors (Lipinski definition) is 4. The van der Waals surface area contributed by atoms with E-state index in [4.69, 9.17) is 4.74 Å². The molecule has 4 rings (SSSR count). The Hall–Kier alpha value is -3.85. The number of nitrogens with one attached hydrogen (secondary N) is 2. The zero-order chi connectivity index (χ0) is 34.0. The van der Waals surface area contributed by atoms with E-state index >= 15 is 0 Å². The minimum absolute atomic E-state index is 0.00984. The maximum Gasteiger partial charge on any atom is 0.323 e. The predicted octanol–water partition coefficient (Wildman–Crippen LogP) is 3.74. The second kappa shape index (κ2) is 16.3. The number of rotatable bonds is 16. The van der Waals surface area contributed by atoms with E-state index in [9.17, 15) is 31.8 Å². The zero-order valence-electron chi connectivity index (χ0n) is 26.7. The van der Waals surface area contributed by atoms with E-state index in [0.29, 0.717) is 17.7 Å². The fourth-order valence-corrected chi connectivity index (χ4v) is 7.30. The quantitative estimate of drug-likeness (QED) is 0.129. The van der Waals surface area contributed by atoms with Gasteiger partial charge < -0.3 is 25.2 Å². The molecule has 1 heterocycles. The van der Waals surface area contributed by atoms with Crippen molar-refractivity contribution in [2.45, 2.75) is 51.4 Å². The Labute approximate surface area is 277 Å². The third-order valence-electron chi connectivity index (χ3n) is 7.89. The molecule has 0 unspecified atom stereocenters.